The van der Waals surface area contributed by atoms with Crippen molar-refractivity contribution in [1.82, 2.24) is 14.9 Å². The molecule has 0 unspecified atom stereocenters. The molecule has 0 spiro atoms. The predicted octanol–water partition coefficient (Wildman–Crippen LogP) is -0.792. The lowest BCUT2D eigenvalue weighted by molar-refractivity contribution is -0.116. The molecule has 2 aromatic heterocycles. The Morgan fingerprint density at radius 3 is 2.83 bits per heavy atom. The maximum Gasteiger partial charge on any atom is 0.292 e. The molecule has 0 atom stereocenters. The number of pyridine rings is 1. The van der Waals surface area contributed by atoms with E-state index >= 15 is 0 Å². The summed E-state index contributed by atoms with van der Waals surface area (Å²) in [6.45, 7) is -0.405. The second-order valence-corrected chi connectivity index (χ2v) is 3.63. The summed E-state index contributed by atoms with van der Waals surface area (Å²) in [4.78, 5) is 37.6. The summed E-state index contributed by atoms with van der Waals surface area (Å²) in [6, 6.07) is 1.25. The number of carbonyl (C=O) groups is 2. The summed E-state index contributed by atoms with van der Waals surface area (Å²) in [5, 5.41) is 11.4. The summed E-state index contributed by atoms with van der Waals surface area (Å²) in [7, 11) is 1.33. The highest BCUT2D eigenvalue weighted by Gasteiger charge is 2.22. The van der Waals surface area contributed by atoms with E-state index in [2.05, 4.69) is 10.3 Å². The maximum absolute atomic E-state index is 11.8. The minimum absolute atomic E-state index is 0.0275. The monoisotopic (exact) mass is 249 g/mol. The average Bonchev–Trinajstić information content (AvgIpc) is 2.77. The van der Waals surface area contributed by atoms with Gasteiger partial charge in [-0.1, -0.05) is 0 Å². The van der Waals surface area contributed by atoms with Crippen LogP contribution in [-0.4, -0.2) is 33.4 Å². The highest BCUT2D eigenvalue weighted by atomic mass is 16.3. The van der Waals surface area contributed by atoms with Crippen LogP contribution in [0.1, 0.15) is 10.4 Å². The minimum Gasteiger partial charge on any atom is -0.376 e. The van der Waals surface area contributed by atoms with E-state index < -0.39 is 18.4 Å². The van der Waals surface area contributed by atoms with Crippen molar-refractivity contribution < 1.29 is 14.7 Å². The van der Waals surface area contributed by atoms with E-state index in [1.54, 1.807) is 0 Å². The summed E-state index contributed by atoms with van der Waals surface area (Å²) < 4.78 is 1.28. The molecule has 0 saturated heterocycles. The number of amides is 1. The van der Waals surface area contributed by atoms with Crippen molar-refractivity contribution in [3.8, 4) is 0 Å². The summed E-state index contributed by atoms with van der Waals surface area (Å²) >= 11 is 0. The van der Waals surface area contributed by atoms with Gasteiger partial charge in [-0.15, -0.1) is 0 Å². The fourth-order valence-corrected chi connectivity index (χ4v) is 1.76. The minimum atomic E-state index is -0.814. The molecule has 0 aromatic carbocycles. The number of carbonyl (C=O) groups excluding carboxylic acids is 2. The van der Waals surface area contributed by atoms with Crippen molar-refractivity contribution in [2.24, 2.45) is 0 Å². The second kappa shape index (κ2) is 4.46. The molecule has 0 aliphatic rings. The third-order valence-electron chi connectivity index (χ3n) is 2.61. The van der Waals surface area contributed by atoms with Gasteiger partial charge in [-0.2, -0.15) is 0 Å². The van der Waals surface area contributed by atoms with E-state index in [9.17, 15) is 14.4 Å². The molecule has 18 heavy (non-hydrogen) atoms. The topological polar surface area (TPSA) is 104 Å². The SMILES string of the molecule is CNC(=O)C(=O)c1cn(CO)c2[nH]ccc(=O)c12. The zero-order valence-corrected chi connectivity index (χ0v) is 9.56. The fourth-order valence-electron chi connectivity index (χ4n) is 1.76. The van der Waals surface area contributed by atoms with Gasteiger partial charge < -0.3 is 20.0 Å². The van der Waals surface area contributed by atoms with Crippen LogP contribution in [0.2, 0.25) is 0 Å². The Bertz CT molecular complexity index is 683. The Labute approximate surface area is 101 Å². The number of H-pyrrole nitrogens is 1. The molecule has 0 aliphatic carbocycles. The predicted molar refractivity (Wildman–Crippen MR) is 63.2 cm³/mol. The van der Waals surface area contributed by atoms with E-state index in [-0.39, 0.29) is 16.4 Å². The summed E-state index contributed by atoms with van der Waals surface area (Å²) in [6.07, 6.45) is 2.69. The number of hydrogen-bond acceptors (Lipinski definition) is 4. The van der Waals surface area contributed by atoms with Crippen molar-refractivity contribution in [2.45, 2.75) is 6.73 Å². The number of aromatic nitrogens is 2. The smallest absolute Gasteiger partial charge is 0.292 e. The van der Waals surface area contributed by atoms with Crippen LogP contribution in [0.4, 0.5) is 0 Å². The van der Waals surface area contributed by atoms with Crippen LogP contribution in [0, 0.1) is 0 Å². The van der Waals surface area contributed by atoms with Crippen molar-refractivity contribution in [2.75, 3.05) is 7.05 Å². The van der Waals surface area contributed by atoms with Crippen LogP contribution in [-0.2, 0) is 11.5 Å². The number of ketones is 1. The Morgan fingerprint density at radius 1 is 1.50 bits per heavy atom. The molecule has 1 amide bonds. The second-order valence-electron chi connectivity index (χ2n) is 3.63. The molecule has 3 N–H and O–H groups in total. The van der Waals surface area contributed by atoms with Gasteiger partial charge in [0.2, 0.25) is 0 Å². The first kappa shape index (κ1) is 12.1. The lowest BCUT2D eigenvalue weighted by atomic mass is 10.1. The zero-order valence-electron chi connectivity index (χ0n) is 9.56. The molecule has 0 bridgehead atoms. The van der Waals surface area contributed by atoms with Crippen molar-refractivity contribution in [3.63, 3.8) is 0 Å². The number of hydrogen-bond donors (Lipinski definition) is 3. The van der Waals surface area contributed by atoms with Gasteiger partial charge in [0.1, 0.15) is 12.4 Å². The molecule has 0 fully saturated rings. The summed E-state index contributed by atoms with van der Waals surface area (Å²) in [5.41, 5.74) is -0.110. The highest BCUT2D eigenvalue weighted by molar-refractivity contribution is 6.44. The number of nitrogens with zero attached hydrogens (tertiary/aromatic N) is 1. The first-order valence-electron chi connectivity index (χ1n) is 5.18. The van der Waals surface area contributed by atoms with Gasteiger partial charge >= 0.3 is 0 Å². The maximum atomic E-state index is 11.8. The van der Waals surface area contributed by atoms with Gasteiger partial charge in [-0.3, -0.25) is 14.4 Å². The molecular weight excluding hydrogens is 238 g/mol. The Morgan fingerprint density at radius 2 is 2.22 bits per heavy atom. The van der Waals surface area contributed by atoms with Crippen LogP contribution in [0.15, 0.2) is 23.3 Å². The van der Waals surface area contributed by atoms with Gasteiger partial charge in [0, 0.05) is 25.5 Å². The number of aliphatic hydroxyl groups is 1. The highest BCUT2D eigenvalue weighted by Crippen LogP contribution is 2.16. The Kier molecular flexibility index (Phi) is 2.99. The van der Waals surface area contributed by atoms with Crippen LogP contribution in [0.25, 0.3) is 11.0 Å². The van der Waals surface area contributed by atoms with Crippen LogP contribution < -0.4 is 10.7 Å². The Balaban J connectivity index is 2.76. The number of aliphatic hydroxyl groups excluding tert-OH is 1. The van der Waals surface area contributed by atoms with Crippen molar-refractivity contribution >= 4 is 22.7 Å². The van der Waals surface area contributed by atoms with Crippen molar-refractivity contribution in [3.05, 3.63) is 34.2 Å². The lowest BCUT2D eigenvalue weighted by Gasteiger charge is -1.97. The molecule has 94 valence electrons. The number of aromatic amines is 1. The molecule has 7 nitrogen and oxygen atoms in total. The first-order chi connectivity index (χ1) is 8.60. The van der Waals surface area contributed by atoms with E-state index in [0.717, 1.165) is 0 Å². The molecule has 2 heterocycles. The zero-order chi connectivity index (χ0) is 13.3. The first-order valence-corrected chi connectivity index (χ1v) is 5.18. The standard InChI is InChI=1S/C11H11N3O4/c1-12-11(18)9(17)6-4-14(5-15)10-8(6)7(16)2-3-13-10/h2-4,15H,5H2,1H3,(H,12,18)(H,13,16). The molecule has 2 rings (SSSR count). The summed E-state index contributed by atoms with van der Waals surface area (Å²) in [5.74, 6) is -1.62. The quantitative estimate of drug-likeness (QED) is 0.489. The number of nitrogens with one attached hydrogen (secondary N) is 2. The number of Topliss-reactive ketones (excluding diaryl/α,β-unsaturated/α-hetero) is 1. The molecule has 2 aromatic rings. The molecule has 7 heteroatoms. The molecule has 0 saturated carbocycles. The van der Waals surface area contributed by atoms with E-state index in [0.29, 0.717) is 5.65 Å². The average molecular weight is 249 g/mol. The number of rotatable bonds is 3. The van der Waals surface area contributed by atoms with Gasteiger partial charge in [0.25, 0.3) is 11.7 Å². The van der Waals surface area contributed by atoms with Crippen molar-refractivity contribution in [1.29, 1.82) is 0 Å². The number of likely N-dealkylation sites (N-methyl/N-ethyl adjacent to an activating group) is 1. The third-order valence-corrected chi connectivity index (χ3v) is 2.61. The normalized spacial score (nSPS) is 10.6. The van der Waals surface area contributed by atoms with Gasteiger partial charge in [0.15, 0.2) is 5.43 Å². The van der Waals surface area contributed by atoms with E-state index in [1.807, 2.05) is 0 Å². The van der Waals surface area contributed by atoms with E-state index in [4.69, 9.17) is 5.11 Å². The van der Waals surface area contributed by atoms with Gasteiger partial charge in [-0.25, -0.2) is 0 Å². The molecule has 0 aliphatic heterocycles. The van der Waals surface area contributed by atoms with Gasteiger partial charge in [0.05, 0.1) is 10.9 Å². The lowest BCUT2D eigenvalue weighted by Crippen LogP contribution is -2.27. The molecule has 0 radical (unpaired) electrons. The number of fused-ring (bicyclic) bond motifs is 1. The van der Waals surface area contributed by atoms with Crippen LogP contribution >= 0.6 is 0 Å². The van der Waals surface area contributed by atoms with Gasteiger partial charge in [-0.05, 0) is 0 Å². The largest absolute Gasteiger partial charge is 0.376 e. The third kappa shape index (κ3) is 1.70. The molecular formula is C11H11N3O4. The van der Waals surface area contributed by atoms with Crippen LogP contribution in [0.5, 0.6) is 0 Å². The fraction of sp³-hybridized carbons (Fsp3) is 0.182. The Hall–Kier alpha value is -2.41. The van der Waals surface area contributed by atoms with E-state index in [1.165, 1.54) is 30.1 Å². The van der Waals surface area contributed by atoms with Crippen LogP contribution in [0.3, 0.4) is 0 Å².